The number of hydrogen-bond donors (Lipinski definition) is 3. The van der Waals surface area contributed by atoms with Crippen molar-refractivity contribution in [2.45, 2.75) is 19.4 Å². The third-order valence-corrected chi connectivity index (χ3v) is 3.30. The molecule has 0 saturated heterocycles. The number of amides is 1. The molecule has 7 heteroatoms. The maximum absolute atomic E-state index is 13.3. The second kappa shape index (κ2) is 6.69. The summed E-state index contributed by atoms with van der Waals surface area (Å²) in [5.74, 6) is -0.281. The summed E-state index contributed by atoms with van der Waals surface area (Å²) in [6.07, 6.45) is 1.11. The van der Waals surface area contributed by atoms with E-state index in [1.807, 2.05) is 6.92 Å². The van der Waals surface area contributed by atoms with Gasteiger partial charge < -0.3 is 15.4 Å². The first-order valence-corrected chi connectivity index (χ1v) is 6.84. The molecule has 1 aromatic carbocycles. The van der Waals surface area contributed by atoms with Gasteiger partial charge in [-0.1, -0.05) is 24.6 Å². The van der Waals surface area contributed by atoms with Crippen LogP contribution in [0.4, 0.5) is 4.39 Å². The molecular formula is C14H15ClFN3O2. The minimum absolute atomic E-state index is 0.0143. The Morgan fingerprint density at radius 3 is 2.95 bits per heavy atom. The number of benzene rings is 1. The van der Waals surface area contributed by atoms with E-state index in [0.717, 1.165) is 6.07 Å². The highest BCUT2D eigenvalue weighted by Gasteiger charge is 2.14. The fraction of sp³-hybridized carbons (Fsp3) is 0.286. The van der Waals surface area contributed by atoms with Gasteiger partial charge in [0.2, 0.25) is 0 Å². The maximum Gasteiger partial charge on any atom is 0.269 e. The predicted molar refractivity (Wildman–Crippen MR) is 76.7 cm³/mol. The second-order valence-electron chi connectivity index (χ2n) is 4.50. The van der Waals surface area contributed by atoms with Crippen molar-refractivity contribution in [3.63, 3.8) is 0 Å². The average molecular weight is 312 g/mol. The highest BCUT2D eigenvalue weighted by Crippen LogP contribution is 2.19. The molecule has 3 N–H and O–H groups in total. The smallest absolute Gasteiger partial charge is 0.269 e. The highest BCUT2D eigenvalue weighted by molar-refractivity contribution is 6.30. The van der Waals surface area contributed by atoms with Gasteiger partial charge in [-0.2, -0.15) is 0 Å². The number of rotatable bonds is 5. The maximum atomic E-state index is 13.3. The summed E-state index contributed by atoms with van der Waals surface area (Å²) in [6.45, 7) is 1.87. The Morgan fingerprint density at radius 2 is 2.33 bits per heavy atom. The number of aryl methyl sites for hydroxylation is 1. The second-order valence-corrected chi connectivity index (χ2v) is 4.90. The summed E-state index contributed by atoms with van der Waals surface area (Å²) >= 11 is 5.57. The first-order valence-electron chi connectivity index (χ1n) is 6.46. The van der Waals surface area contributed by atoms with Crippen LogP contribution in [0.25, 0.3) is 0 Å². The molecule has 0 aliphatic heterocycles. The van der Waals surface area contributed by atoms with E-state index in [1.54, 1.807) is 0 Å². The first kappa shape index (κ1) is 15.5. The number of aromatic amines is 1. The van der Waals surface area contributed by atoms with Gasteiger partial charge in [-0.15, -0.1) is 0 Å². The Balaban J connectivity index is 1.95. The summed E-state index contributed by atoms with van der Waals surface area (Å²) in [5.41, 5.74) is 0.664. The largest absolute Gasteiger partial charge is 0.387 e. The fourth-order valence-corrected chi connectivity index (χ4v) is 1.90. The van der Waals surface area contributed by atoms with Crippen LogP contribution in [0.1, 0.15) is 34.9 Å². The molecule has 0 bridgehead atoms. The zero-order chi connectivity index (χ0) is 15.4. The zero-order valence-corrected chi connectivity index (χ0v) is 12.1. The molecule has 112 valence electrons. The minimum atomic E-state index is -1.02. The molecule has 1 atom stereocenters. The number of hydrogen-bond acceptors (Lipinski definition) is 3. The van der Waals surface area contributed by atoms with Gasteiger partial charge >= 0.3 is 0 Å². The lowest BCUT2D eigenvalue weighted by atomic mass is 10.1. The van der Waals surface area contributed by atoms with E-state index in [-0.39, 0.29) is 17.5 Å². The van der Waals surface area contributed by atoms with Crippen LogP contribution in [-0.4, -0.2) is 27.5 Å². The molecule has 0 radical (unpaired) electrons. The monoisotopic (exact) mass is 311 g/mol. The van der Waals surface area contributed by atoms with E-state index in [1.165, 1.54) is 18.3 Å². The van der Waals surface area contributed by atoms with Gasteiger partial charge in [0.1, 0.15) is 17.3 Å². The van der Waals surface area contributed by atoms with Crippen LogP contribution in [0, 0.1) is 5.82 Å². The lowest BCUT2D eigenvalue weighted by molar-refractivity contribution is 0.0911. The van der Waals surface area contributed by atoms with Crippen molar-refractivity contribution in [1.82, 2.24) is 15.3 Å². The molecule has 1 unspecified atom stereocenters. The molecule has 21 heavy (non-hydrogen) atoms. The van der Waals surface area contributed by atoms with E-state index in [2.05, 4.69) is 15.3 Å². The number of halogens is 2. The Bertz CT molecular complexity index is 645. The molecule has 0 aliphatic carbocycles. The summed E-state index contributed by atoms with van der Waals surface area (Å²) in [7, 11) is 0. The number of aromatic nitrogens is 2. The van der Waals surface area contributed by atoms with Crippen LogP contribution >= 0.6 is 11.6 Å². The van der Waals surface area contributed by atoms with Crippen molar-refractivity contribution in [3.8, 4) is 0 Å². The Kier molecular flexibility index (Phi) is 4.93. The van der Waals surface area contributed by atoms with Gasteiger partial charge in [0.05, 0.1) is 17.3 Å². The van der Waals surface area contributed by atoms with E-state index in [9.17, 15) is 14.3 Å². The van der Waals surface area contributed by atoms with E-state index >= 15 is 0 Å². The summed E-state index contributed by atoms with van der Waals surface area (Å²) in [6, 6.07) is 4.01. The molecule has 0 saturated carbocycles. The van der Waals surface area contributed by atoms with Gasteiger partial charge in [-0.05, 0) is 17.7 Å². The number of carbonyl (C=O) groups excluding carboxylic acids is 1. The van der Waals surface area contributed by atoms with E-state index < -0.39 is 11.9 Å². The number of aliphatic hydroxyl groups excluding tert-OH is 1. The van der Waals surface area contributed by atoms with E-state index in [0.29, 0.717) is 23.5 Å². The van der Waals surface area contributed by atoms with Crippen LogP contribution in [-0.2, 0) is 6.42 Å². The number of nitrogens with one attached hydrogen (secondary N) is 2. The zero-order valence-electron chi connectivity index (χ0n) is 11.4. The highest BCUT2D eigenvalue weighted by atomic mass is 35.5. The summed E-state index contributed by atoms with van der Waals surface area (Å²) in [5, 5.41) is 12.5. The van der Waals surface area contributed by atoms with Gasteiger partial charge in [0.15, 0.2) is 0 Å². The molecule has 2 aromatic rings. The summed E-state index contributed by atoms with van der Waals surface area (Å²) in [4.78, 5) is 18.7. The van der Waals surface area contributed by atoms with Crippen molar-refractivity contribution >= 4 is 17.5 Å². The summed E-state index contributed by atoms with van der Waals surface area (Å²) < 4.78 is 13.3. The molecular weight excluding hydrogens is 297 g/mol. The molecule has 0 spiro atoms. The molecule has 5 nitrogen and oxygen atoms in total. The van der Waals surface area contributed by atoms with Gasteiger partial charge in [0.25, 0.3) is 5.91 Å². The van der Waals surface area contributed by atoms with Crippen LogP contribution < -0.4 is 5.32 Å². The molecule has 2 rings (SSSR count). The number of carbonyl (C=O) groups is 1. The molecule has 1 amide bonds. The third-order valence-electron chi connectivity index (χ3n) is 2.99. The number of nitrogens with zero attached hydrogens (tertiary/aromatic N) is 1. The normalized spacial score (nSPS) is 12.2. The number of imidazole rings is 1. The number of H-pyrrole nitrogens is 1. The minimum Gasteiger partial charge on any atom is -0.387 e. The molecule has 1 aromatic heterocycles. The topological polar surface area (TPSA) is 78.0 Å². The van der Waals surface area contributed by atoms with E-state index in [4.69, 9.17) is 11.6 Å². The van der Waals surface area contributed by atoms with Crippen LogP contribution in [0.2, 0.25) is 5.02 Å². The van der Waals surface area contributed by atoms with Gasteiger partial charge in [-0.25, -0.2) is 9.37 Å². The Morgan fingerprint density at radius 1 is 1.57 bits per heavy atom. The van der Waals surface area contributed by atoms with Crippen molar-refractivity contribution in [2.24, 2.45) is 0 Å². The molecule has 0 aliphatic rings. The van der Waals surface area contributed by atoms with Crippen LogP contribution in [0.3, 0.4) is 0 Å². The van der Waals surface area contributed by atoms with Gasteiger partial charge in [0, 0.05) is 13.0 Å². The van der Waals surface area contributed by atoms with Crippen LogP contribution in [0.5, 0.6) is 0 Å². The van der Waals surface area contributed by atoms with Crippen molar-refractivity contribution < 1.29 is 14.3 Å². The standard InChI is InChI=1S/C14H15ClFN3O2/c1-2-13-17-6-11(19-13)14(21)18-7-12(20)8-3-4-9(15)10(16)5-8/h3-6,12,20H,2,7H2,1H3,(H,17,19)(H,18,21). The Hall–Kier alpha value is -1.92. The molecule has 1 heterocycles. The Labute approximate surface area is 126 Å². The van der Waals surface area contributed by atoms with Gasteiger partial charge in [-0.3, -0.25) is 4.79 Å². The number of aliphatic hydroxyl groups is 1. The lowest BCUT2D eigenvalue weighted by Crippen LogP contribution is -2.28. The first-order chi connectivity index (χ1) is 10.0. The van der Waals surface area contributed by atoms with Crippen molar-refractivity contribution in [1.29, 1.82) is 0 Å². The van der Waals surface area contributed by atoms with Crippen LogP contribution in [0.15, 0.2) is 24.4 Å². The quantitative estimate of drug-likeness (QED) is 0.792. The fourth-order valence-electron chi connectivity index (χ4n) is 1.78. The predicted octanol–water partition coefficient (Wildman–Crippen LogP) is 2.23. The average Bonchev–Trinajstić information content (AvgIpc) is 2.96. The third kappa shape index (κ3) is 3.80. The molecule has 0 fully saturated rings. The lowest BCUT2D eigenvalue weighted by Gasteiger charge is -2.12. The SMILES string of the molecule is CCc1ncc(C(=O)NCC(O)c2ccc(Cl)c(F)c2)[nH]1. The van der Waals surface area contributed by atoms with Crippen molar-refractivity contribution in [3.05, 3.63) is 52.3 Å². The van der Waals surface area contributed by atoms with Crippen molar-refractivity contribution in [2.75, 3.05) is 6.54 Å².